The number of aromatic nitrogens is 3. The van der Waals surface area contributed by atoms with E-state index < -0.39 is 0 Å². The van der Waals surface area contributed by atoms with E-state index in [1.165, 1.54) is 11.1 Å². The lowest BCUT2D eigenvalue weighted by molar-refractivity contribution is 0.229. The van der Waals surface area contributed by atoms with Crippen molar-refractivity contribution in [2.24, 2.45) is 7.05 Å². The van der Waals surface area contributed by atoms with Crippen LogP contribution in [0.25, 0.3) is 10.9 Å². The molecule has 0 saturated heterocycles. The van der Waals surface area contributed by atoms with Crippen LogP contribution in [0.4, 0.5) is 0 Å². The van der Waals surface area contributed by atoms with Crippen LogP contribution >= 0.6 is 37.2 Å². The number of fused-ring (bicyclic) bond motifs is 1. The molecule has 0 N–H and O–H groups in total. The number of halogens is 3. The maximum atomic E-state index is 11.8. The van der Waals surface area contributed by atoms with Gasteiger partial charge in [0, 0.05) is 62.9 Å². The maximum absolute atomic E-state index is 11.8. The summed E-state index contributed by atoms with van der Waals surface area (Å²) in [5, 5.41) is 0.999. The lowest BCUT2D eigenvalue weighted by atomic mass is 10.2. The van der Waals surface area contributed by atoms with Crippen molar-refractivity contribution in [1.29, 1.82) is 0 Å². The van der Waals surface area contributed by atoms with Crippen LogP contribution in [0.2, 0.25) is 0 Å². The fraction of sp³-hybridized carbons (Fsp3) is 0.269. The molecule has 0 unspecified atom stereocenters. The molecule has 0 amide bonds. The smallest absolute Gasteiger partial charge is 0.250 e. The first-order chi connectivity index (χ1) is 15.7. The van der Waals surface area contributed by atoms with E-state index in [-0.39, 0.29) is 42.8 Å². The van der Waals surface area contributed by atoms with Crippen molar-refractivity contribution in [2.75, 3.05) is 19.7 Å². The van der Waals surface area contributed by atoms with Gasteiger partial charge in [-0.15, -0.1) is 37.2 Å². The molecule has 0 saturated carbocycles. The Hall–Kier alpha value is -2.64. The molecule has 0 radical (unpaired) electrons. The second-order valence-electron chi connectivity index (χ2n) is 7.90. The molecule has 3 aromatic heterocycles. The van der Waals surface area contributed by atoms with Crippen molar-refractivity contribution < 1.29 is 4.74 Å². The third-order valence-corrected chi connectivity index (χ3v) is 5.55. The minimum atomic E-state index is -0.00819. The Morgan fingerprint density at radius 2 is 1.60 bits per heavy atom. The molecule has 1 aromatic carbocycles. The van der Waals surface area contributed by atoms with Crippen molar-refractivity contribution in [1.82, 2.24) is 19.4 Å². The van der Waals surface area contributed by atoms with E-state index in [4.69, 9.17) is 4.74 Å². The number of hydrogen-bond donors (Lipinski definition) is 0. The summed E-state index contributed by atoms with van der Waals surface area (Å²) in [5.74, 6) is 0.824. The van der Waals surface area contributed by atoms with Crippen LogP contribution in [0.5, 0.6) is 5.75 Å². The van der Waals surface area contributed by atoms with Crippen molar-refractivity contribution >= 4 is 48.1 Å². The lowest BCUT2D eigenvalue weighted by Crippen LogP contribution is -2.28. The third-order valence-electron chi connectivity index (χ3n) is 5.55. The Labute approximate surface area is 224 Å². The lowest BCUT2D eigenvalue weighted by Gasteiger charge is -2.22. The number of nitrogens with zero attached hydrogens (tertiary/aromatic N) is 4. The molecule has 0 atom stereocenters. The van der Waals surface area contributed by atoms with E-state index in [1.807, 2.05) is 48.8 Å². The molecular weight excluding hydrogens is 507 g/mol. The number of pyridine rings is 3. The molecule has 188 valence electrons. The van der Waals surface area contributed by atoms with Crippen LogP contribution in [-0.2, 0) is 20.0 Å². The predicted octanol–water partition coefficient (Wildman–Crippen LogP) is 5.11. The first-order valence-corrected chi connectivity index (χ1v) is 10.9. The Morgan fingerprint density at radius 1 is 0.886 bits per heavy atom. The van der Waals surface area contributed by atoms with Crippen molar-refractivity contribution in [3.8, 4) is 5.75 Å². The fourth-order valence-electron chi connectivity index (χ4n) is 3.78. The summed E-state index contributed by atoms with van der Waals surface area (Å²) in [5.41, 5.74) is 3.35. The summed E-state index contributed by atoms with van der Waals surface area (Å²) >= 11 is 0. The minimum absolute atomic E-state index is 0. The summed E-state index contributed by atoms with van der Waals surface area (Å²) < 4.78 is 7.66. The van der Waals surface area contributed by atoms with Gasteiger partial charge in [0.2, 0.25) is 0 Å². The SMILES string of the molecule is Cl.Cl.Cl.Cn1c(=O)ccc2cc(OCCCN(CCc3cccnc3)Cc3cccnc3)ccc21. The molecule has 0 aliphatic carbocycles. The Bertz CT molecular complexity index is 1210. The number of ether oxygens (including phenoxy) is 1. The molecule has 0 aliphatic heterocycles. The average molecular weight is 538 g/mol. The fourth-order valence-corrected chi connectivity index (χ4v) is 3.78. The molecule has 0 spiro atoms. The van der Waals surface area contributed by atoms with E-state index in [2.05, 4.69) is 27.0 Å². The topological polar surface area (TPSA) is 60.2 Å². The Morgan fingerprint density at radius 3 is 2.29 bits per heavy atom. The van der Waals surface area contributed by atoms with Crippen LogP contribution < -0.4 is 10.3 Å². The summed E-state index contributed by atoms with van der Waals surface area (Å²) in [6.07, 6.45) is 9.34. The summed E-state index contributed by atoms with van der Waals surface area (Å²) in [6.45, 7) is 3.37. The Kier molecular flexibility index (Phi) is 13.3. The van der Waals surface area contributed by atoms with Crippen molar-refractivity contribution in [3.05, 3.63) is 101 Å². The quantitative estimate of drug-likeness (QED) is 0.263. The molecule has 6 nitrogen and oxygen atoms in total. The van der Waals surface area contributed by atoms with Gasteiger partial charge in [-0.05, 0) is 60.4 Å². The van der Waals surface area contributed by atoms with Crippen molar-refractivity contribution in [2.45, 2.75) is 19.4 Å². The molecule has 3 heterocycles. The predicted molar refractivity (Wildman–Crippen MR) is 148 cm³/mol. The van der Waals surface area contributed by atoms with Gasteiger partial charge in [-0.25, -0.2) is 0 Å². The molecule has 0 bridgehead atoms. The van der Waals surface area contributed by atoms with E-state index in [0.717, 1.165) is 49.1 Å². The summed E-state index contributed by atoms with van der Waals surface area (Å²) in [7, 11) is 1.79. The molecule has 0 fully saturated rings. The van der Waals surface area contributed by atoms with Gasteiger partial charge in [0.15, 0.2) is 0 Å². The third kappa shape index (κ3) is 8.82. The number of rotatable bonds is 10. The first-order valence-electron chi connectivity index (χ1n) is 10.9. The van der Waals surface area contributed by atoms with Gasteiger partial charge in [-0.1, -0.05) is 12.1 Å². The monoisotopic (exact) mass is 536 g/mol. The summed E-state index contributed by atoms with van der Waals surface area (Å²) in [6, 6.07) is 17.5. The first kappa shape index (κ1) is 30.4. The molecule has 0 aliphatic rings. The van der Waals surface area contributed by atoms with Gasteiger partial charge in [0.1, 0.15) is 5.75 Å². The standard InChI is InChI=1S/C26H28N4O2.3ClH/c1-29-25-9-8-24(17-23(25)7-10-26(29)31)32-16-4-14-30(20-22-6-3-13-28-19-22)15-11-21-5-2-12-27-18-21;;;/h2-3,5-10,12-13,17-19H,4,11,14-16,20H2,1H3;3*1H. The van der Waals surface area contributed by atoms with Crippen molar-refractivity contribution in [3.63, 3.8) is 0 Å². The van der Waals surface area contributed by atoms with E-state index in [0.29, 0.717) is 6.61 Å². The normalized spacial score (nSPS) is 10.2. The minimum Gasteiger partial charge on any atom is -0.494 e. The molecule has 35 heavy (non-hydrogen) atoms. The molecule has 4 rings (SSSR count). The zero-order valence-corrected chi connectivity index (χ0v) is 22.0. The number of aryl methyl sites for hydroxylation is 1. The van der Waals surface area contributed by atoms with Crippen LogP contribution in [0, 0.1) is 0 Å². The van der Waals surface area contributed by atoms with Crippen LogP contribution in [-0.4, -0.2) is 39.1 Å². The van der Waals surface area contributed by atoms with Gasteiger partial charge in [0.25, 0.3) is 5.56 Å². The molecule has 4 aromatic rings. The highest BCUT2D eigenvalue weighted by atomic mass is 35.5. The van der Waals surface area contributed by atoms with Gasteiger partial charge in [-0.3, -0.25) is 19.7 Å². The average Bonchev–Trinajstić information content (AvgIpc) is 2.84. The molecular formula is C26H31Cl3N4O2. The number of benzene rings is 1. The highest BCUT2D eigenvalue weighted by molar-refractivity contribution is 5.86. The maximum Gasteiger partial charge on any atom is 0.250 e. The van der Waals surface area contributed by atoms with E-state index in [1.54, 1.807) is 30.1 Å². The van der Waals surface area contributed by atoms with E-state index >= 15 is 0 Å². The van der Waals surface area contributed by atoms with Crippen LogP contribution in [0.1, 0.15) is 17.5 Å². The van der Waals surface area contributed by atoms with Gasteiger partial charge in [-0.2, -0.15) is 0 Å². The van der Waals surface area contributed by atoms with Crippen LogP contribution in [0.3, 0.4) is 0 Å². The summed E-state index contributed by atoms with van der Waals surface area (Å²) in [4.78, 5) is 22.7. The second kappa shape index (κ2) is 15.4. The largest absolute Gasteiger partial charge is 0.494 e. The van der Waals surface area contributed by atoms with Gasteiger partial charge < -0.3 is 9.30 Å². The van der Waals surface area contributed by atoms with E-state index in [9.17, 15) is 4.79 Å². The molecule has 9 heteroatoms. The number of hydrogen-bond acceptors (Lipinski definition) is 5. The highest BCUT2D eigenvalue weighted by Gasteiger charge is 2.08. The van der Waals surface area contributed by atoms with Gasteiger partial charge in [0.05, 0.1) is 12.1 Å². The second-order valence-corrected chi connectivity index (χ2v) is 7.90. The van der Waals surface area contributed by atoms with Gasteiger partial charge >= 0.3 is 0 Å². The zero-order valence-electron chi connectivity index (χ0n) is 19.6. The Balaban J connectivity index is 0.00000204. The highest BCUT2D eigenvalue weighted by Crippen LogP contribution is 2.19. The zero-order chi connectivity index (χ0) is 22.2. The van der Waals surface area contributed by atoms with Crippen LogP contribution in [0.15, 0.2) is 84.2 Å².